The number of hydrogen-bond acceptors (Lipinski definition) is 3. The van der Waals surface area contributed by atoms with Gasteiger partial charge in [0.25, 0.3) is 0 Å². The summed E-state index contributed by atoms with van der Waals surface area (Å²) in [6.07, 6.45) is 15.6. The molecule has 0 unspecified atom stereocenters. The van der Waals surface area contributed by atoms with E-state index in [1.54, 1.807) is 4.90 Å². The van der Waals surface area contributed by atoms with Gasteiger partial charge < -0.3 is 15.1 Å². The summed E-state index contributed by atoms with van der Waals surface area (Å²) in [4.78, 5) is 13.3. The highest BCUT2D eigenvalue weighted by Gasteiger charge is 2.43. The van der Waals surface area contributed by atoms with Crippen molar-refractivity contribution in [2.24, 2.45) is 17.8 Å². The van der Waals surface area contributed by atoms with Gasteiger partial charge in [-0.15, -0.1) is 0 Å². The molecule has 2 rings (SSSR count). The van der Waals surface area contributed by atoms with Gasteiger partial charge in [0.05, 0.1) is 12.2 Å². The molecule has 0 heterocycles. The standard InChI is InChI=1S/C23H39NO3/c1-4-5-10-19(25)11-8-12-20-21-15-17(14-18(21)16-22(20)26)9-6-7-13-23(27)24(2)3/h8,12,14,18-22,25-26H,4-7,9-11,13,15-16H2,1-3H3/t18-,19-,20+,21-,22+/m0/s1. The summed E-state index contributed by atoms with van der Waals surface area (Å²) in [6.45, 7) is 2.14. The van der Waals surface area contributed by atoms with Crippen molar-refractivity contribution in [2.45, 2.75) is 83.3 Å². The summed E-state index contributed by atoms with van der Waals surface area (Å²) in [5, 5.41) is 20.4. The summed E-state index contributed by atoms with van der Waals surface area (Å²) >= 11 is 0. The Hall–Kier alpha value is -1.13. The molecule has 5 atom stereocenters. The number of fused-ring (bicyclic) bond motifs is 1. The van der Waals surface area contributed by atoms with E-state index in [2.05, 4.69) is 25.2 Å². The van der Waals surface area contributed by atoms with E-state index >= 15 is 0 Å². The molecule has 2 N–H and O–H groups in total. The first-order chi connectivity index (χ1) is 12.9. The predicted octanol–water partition coefficient (Wildman–Crippen LogP) is 4.08. The Morgan fingerprint density at radius 1 is 1.33 bits per heavy atom. The molecule has 0 aromatic heterocycles. The lowest BCUT2D eigenvalue weighted by Crippen LogP contribution is -2.21. The van der Waals surface area contributed by atoms with Gasteiger partial charge in [-0.25, -0.2) is 0 Å². The van der Waals surface area contributed by atoms with Crippen LogP contribution >= 0.6 is 0 Å². The average molecular weight is 378 g/mol. The normalized spacial score (nSPS) is 28.4. The molecule has 2 aliphatic rings. The van der Waals surface area contributed by atoms with E-state index in [9.17, 15) is 15.0 Å². The first-order valence-electron chi connectivity index (χ1n) is 10.8. The molecule has 27 heavy (non-hydrogen) atoms. The smallest absolute Gasteiger partial charge is 0.222 e. The van der Waals surface area contributed by atoms with Crippen LogP contribution in [0.5, 0.6) is 0 Å². The Morgan fingerprint density at radius 2 is 2.11 bits per heavy atom. The number of unbranched alkanes of at least 4 members (excludes halogenated alkanes) is 2. The number of carbonyl (C=O) groups is 1. The zero-order valence-electron chi connectivity index (χ0n) is 17.4. The zero-order chi connectivity index (χ0) is 19.8. The van der Waals surface area contributed by atoms with Gasteiger partial charge in [-0.2, -0.15) is 0 Å². The minimum Gasteiger partial charge on any atom is -0.393 e. The SMILES string of the molecule is CCCC[C@H](O)CC=C[C@@H]1[C@H]2CC(CCCCC(=O)N(C)C)=C[C@H]2C[C@H]1O. The quantitative estimate of drug-likeness (QED) is 0.421. The number of carbonyl (C=O) groups excluding carboxylic acids is 1. The molecule has 1 saturated carbocycles. The Morgan fingerprint density at radius 3 is 2.81 bits per heavy atom. The van der Waals surface area contributed by atoms with Crippen LogP contribution in [0, 0.1) is 17.8 Å². The van der Waals surface area contributed by atoms with Crippen LogP contribution in [-0.4, -0.2) is 47.3 Å². The third-order valence-corrected chi connectivity index (χ3v) is 6.24. The number of aliphatic hydroxyl groups excluding tert-OH is 2. The highest BCUT2D eigenvalue weighted by Crippen LogP contribution is 2.48. The molecule has 0 aromatic carbocycles. The summed E-state index contributed by atoms with van der Waals surface area (Å²) in [5.74, 6) is 1.44. The fourth-order valence-electron chi connectivity index (χ4n) is 4.59. The maximum atomic E-state index is 11.6. The fraction of sp³-hybridized carbons (Fsp3) is 0.783. The van der Waals surface area contributed by atoms with Crippen molar-refractivity contribution in [1.82, 2.24) is 4.90 Å². The molecule has 4 nitrogen and oxygen atoms in total. The molecule has 2 aliphatic carbocycles. The summed E-state index contributed by atoms with van der Waals surface area (Å²) in [6, 6.07) is 0. The monoisotopic (exact) mass is 377 g/mol. The molecule has 0 saturated heterocycles. The van der Waals surface area contributed by atoms with Crippen molar-refractivity contribution in [3.8, 4) is 0 Å². The van der Waals surface area contributed by atoms with E-state index in [4.69, 9.17) is 0 Å². The first kappa shape index (κ1) is 22.2. The highest BCUT2D eigenvalue weighted by atomic mass is 16.3. The summed E-state index contributed by atoms with van der Waals surface area (Å²) in [7, 11) is 3.62. The van der Waals surface area contributed by atoms with Crippen LogP contribution in [0.4, 0.5) is 0 Å². The van der Waals surface area contributed by atoms with Crippen molar-refractivity contribution in [2.75, 3.05) is 14.1 Å². The second kappa shape index (κ2) is 11.0. The fourth-order valence-corrected chi connectivity index (χ4v) is 4.59. The van der Waals surface area contributed by atoms with Crippen molar-refractivity contribution >= 4 is 5.91 Å². The van der Waals surface area contributed by atoms with Gasteiger partial charge in [-0.3, -0.25) is 4.79 Å². The molecular weight excluding hydrogens is 338 g/mol. The maximum Gasteiger partial charge on any atom is 0.222 e. The van der Waals surface area contributed by atoms with Crippen LogP contribution in [0.3, 0.4) is 0 Å². The van der Waals surface area contributed by atoms with E-state index in [-0.39, 0.29) is 24.0 Å². The number of allylic oxidation sites excluding steroid dienone is 2. The first-order valence-corrected chi connectivity index (χ1v) is 10.8. The third kappa shape index (κ3) is 6.76. The molecule has 0 radical (unpaired) electrons. The van der Waals surface area contributed by atoms with Crippen LogP contribution in [0.2, 0.25) is 0 Å². The molecule has 4 heteroatoms. The molecule has 0 bridgehead atoms. The third-order valence-electron chi connectivity index (χ3n) is 6.24. The highest BCUT2D eigenvalue weighted by molar-refractivity contribution is 5.75. The Labute approximate surface area is 165 Å². The minimum absolute atomic E-state index is 0.210. The van der Waals surface area contributed by atoms with E-state index in [0.29, 0.717) is 24.7 Å². The molecule has 0 aliphatic heterocycles. The van der Waals surface area contributed by atoms with Gasteiger partial charge in [-0.05, 0) is 56.8 Å². The lowest BCUT2D eigenvalue weighted by molar-refractivity contribution is -0.128. The van der Waals surface area contributed by atoms with Crippen LogP contribution in [0.1, 0.15) is 71.1 Å². The van der Waals surface area contributed by atoms with Gasteiger partial charge >= 0.3 is 0 Å². The van der Waals surface area contributed by atoms with Crippen LogP contribution in [0.25, 0.3) is 0 Å². The largest absolute Gasteiger partial charge is 0.393 e. The lowest BCUT2D eigenvalue weighted by Gasteiger charge is -2.18. The second-order valence-electron chi connectivity index (χ2n) is 8.69. The number of hydrogen-bond donors (Lipinski definition) is 2. The molecule has 0 spiro atoms. The van der Waals surface area contributed by atoms with Gasteiger partial charge in [0.15, 0.2) is 0 Å². The second-order valence-corrected chi connectivity index (χ2v) is 8.69. The van der Waals surface area contributed by atoms with Gasteiger partial charge in [0, 0.05) is 26.4 Å². The zero-order valence-corrected chi connectivity index (χ0v) is 17.4. The number of amides is 1. The molecule has 154 valence electrons. The average Bonchev–Trinajstić information content (AvgIpc) is 3.14. The van der Waals surface area contributed by atoms with Crippen molar-refractivity contribution in [3.05, 3.63) is 23.8 Å². The van der Waals surface area contributed by atoms with Crippen LogP contribution in [0.15, 0.2) is 23.8 Å². The topological polar surface area (TPSA) is 60.8 Å². The van der Waals surface area contributed by atoms with E-state index in [1.165, 1.54) is 5.57 Å². The van der Waals surface area contributed by atoms with Crippen LogP contribution < -0.4 is 0 Å². The van der Waals surface area contributed by atoms with E-state index in [0.717, 1.165) is 51.4 Å². The molecule has 0 aromatic rings. The van der Waals surface area contributed by atoms with Gasteiger partial charge in [0.1, 0.15) is 0 Å². The Bertz CT molecular complexity index is 526. The molecule has 1 amide bonds. The summed E-state index contributed by atoms with van der Waals surface area (Å²) in [5.41, 5.74) is 1.51. The lowest BCUT2D eigenvalue weighted by atomic mass is 9.88. The van der Waals surface area contributed by atoms with Crippen LogP contribution in [-0.2, 0) is 4.79 Å². The van der Waals surface area contributed by atoms with E-state index < -0.39 is 0 Å². The van der Waals surface area contributed by atoms with Gasteiger partial charge in [-0.1, -0.05) is 43.6 Å². The minimum atomic E-state index is -0.252. The molecular formula is C23H39NO3. The van der Waals surface area contributed by atoms with Crippen molar-refractivity contribution in [1.29, 1.82) is 0 Å². The number of aliphatic hydroxyl groups is 2. The van der Waals surface area contributed by atoms with Crippen molar-refractivity contribution in [3.63, 3.8) is 0 Å². The Balaban J connectivity index is 1.74. The molecule has 1 fully saturated rings. The van der Waals surface area contributed by atoms with Crippen molar-refractivity contribution < 1.29 is 15.0 Å². The van der Waals surface area contributed by atoms with Gasteiger partial charge in [0.2, 0.25) is 5.91 Å². The number of rotatable bonds is 11. The number of nitrogens with zero attached hydrogens (tertiary/aromatic N) is 1. The van der Waals surface area contributed by atoms with E-state index in [1.807, 2.05) is 14.1 Å². The Kier molecular flexibility index (Phi) is 9.04. The maximum absolute atomic E-state index is 11.6. The predicted molar refractivity (Wildman–Crippen MR) is 110 cm³/mol. The summed E-state index contributed by atoms with van der Waals surface area (Å²) < 4.78 is 0.